The van der Waals surface area contributed by atoms with E-state index >= 15 is 4.39 Å². The minimum atomic E-state index is -3.03. The van der Waals surface area contributed by atoms with Gasteiger partial charge in [0, 0.05) is 23.6 Å². The van der Waals surface area contributed by atoms with E-state index in [4.69, 9.17) is 22.1 Å². The lowest BCUT2D eigenvalue weighted by Gasteiger charge is -2.29. The molecule has 3 unspecified atom stereocenters. The fraction of sp³-hybridized carbons (Fsp3) is 0.310. The number of carbonyl (C=O) groups excluding carboxylic acids is 2. The van der Waals surface area contributed by atoms with Crippen molar-refractivity contribution in [1.29, 1.82) is 0 Å². The number of nitrogens with two attached hydrogens (primary N) is 1. The summed E-state index contributed by atoms with van der Waals surface area (Å²) in [7, 11) is -1.47. The first kappa shape index (κ1) is 34.0. The van der Waals surface area contributed by atoms with Crippen LogP contribution in [0.15, 0.2) is 60.1 Å². The summed E-state index contributed by atoms with van der Waals surface area (Å²) < 4.78 is 88.5. The molecule has 258 valence electrons. The zero-order chi connectivity index (χ0) is 35.2. The number of halogens is 6. The molecule has 0 spiro atoms. The second-order valence-electron chi connectivity index (χ2n) is 11.1. The van der Waals surface area contributed by atoms with Crippen LogP contribution in [0.2, 0.25) is 5.02 Å². The first-order chi connectivity index (χ1) is 23.3. The lowest BCUT2D eigenvalue weighted by molar-refractivity contribution is -0.129. The van der Waals surface area contributed by atoms with Crippen molar-refractivity contribution in [3.8, 4) is 16.8 Å². The maximum atomic E-state index is 15.3. The van der Waals surface area contributed by atoms with Gasteiger partial charge < -0.3 is 15.8 Å². The molecule has 3 heterocycles. The predicted octanol–water partition coefficient (Wildman–Crippen LogP) is 4.47. The maximum Gasteiger partial charge on any atom is 0.407 e. The van der Waals surface area contributed by atoms with Crippen LogP contribution in [0.5, 0.6) is 0 Å². The minimum Gasteiger partial charge on any atom is -0.447 e. The Morgan fingerprint density at radius 1 is 1.18 bits per heavy atom. The van der Waals surface area contributed by atoms with E-state index in [0.717, 1.165) is 26.1 Å². The summed E-state index contributed by atoms with van der Waals surface area (Å²) >= 11 is 6.33. The number of hydrogen-bond acceptors (Lipinski definition) is 9. The largest absolute Gasteiger partial charge is 0.447 e. The van der Waals surface area contributed by atoms with E-state index in [0.29, 0.717) is 5.56 Å². The van der Waals surface area contributed by atoms with Gasteiger partial charge in [0.15, 0.2) is 17.8 Å². The average molecular weight is 726 g/mol. The van der Waals surface area contributed by atoms with Crippen LogP contribution < -0.4 is 11.1 Å². The van der Waals surface area contributed by atoms with Gasteiger partial charge in [-0.2, -0.15) is 14.3 Å². The molecular weight excluding hydrogens is 701 g/mol. The van der Waals surface area contributed by atoms with Crippen LogP contribution >= 0.6 is 11.6 Å². The molecule has 2 aliphatic rings. The maximum absolute atomic E-state index is 15.3. The number of alkyl halides is 4. The Bertz CT molecular complexity index is 1990. The third kappa shape index (κ3) is 6.59. The van der Waals surface area contributed by atoms with Crippen molar-refractivity contribution in [2.75, 3.05) is 12.9 Å². The number of nitrogens with one attached hydrogen (secondary N) is 1. The monoisotopic (exact) mass is 725 g/mol. The third-order valence-corrected chi connectivity index (χ3v) is 9.06. The van der Waals surface area contributed by atoms with Crippen LogP contribution in [-0.2, 0) is 20.5 Å². The topological polar surface area (TPSA) is 163 Å². The molecule has 13 nitrogen and oxygen atoms in total. The molecule has 1 saturated carbocycles. The van der Waals surface area contributed by atoms with Gasteiger partial charge in [0.1, 0.15) is 35.3 Å². The molecule has 3 N–H and O–H groups in total. The summed E-state index contributed by atoms with van der Waals surface area (Å²) in [6, 6.07) is 5.27. The number of rotatable bonds is 11. The lowest BCUT2D eigenvalue weighted by atomic mass is 10.0. The van der Waals surface area contributed by atoms with E-state index in [2.05, 4.69) is 25.5 Å². The number of carbonyl (C=O) groups is 2. The average Bonchev–Trinajstić information content (AvgIpc) is 3.36. The van der Waals surface area contributed by atoms with Crippen LogP contribution in [0, 0.1) is 5.82 Å². The van der Waals surface area contributed by atoms with Crippen LogP contribution in [0.4, 0.5) is 26.7 Å². The molecule has 4 aromatic rings. The van der Waals surface area contributed by atoms with E-state index < -0.39 is 71.7 Å². The Balaban J connectivity index is 1.32. The highest BCUT2D eigenvalue weighted by Gasteiger charge is 2.53. The molecule has 0 radical (unpaired) electrons. The molecule has 1 aliphatic carbocycles. The van der Waals surface area contributed by atoms with Crippen molar-refractivity contribution in [2.45, 2.75) is 43.3 Å². The predicted molar refractivity (Wildman–Crippen MR) is 165 cm³/mol. The Kier molecular flexibility index (Phi) is 9.14. The van der Waals surface area contributed by atoms with E-state index in [1.165, 1.54) is 49.0 Å². The highest BCUT2D eigenvalue weighted by Crippen LogP contribution is 2.41. The van der Waals surface area contributed by atoms with Gasteiger partial charge in [-0.15, -0.1) is 0 Å². The van der Waals surface area contributed by atoms with Gasteiger partial charge >= 0.3 is 6.09 Å². The first-order valence-corrected chi connectivity index (χ1v) is 16.2. The number of aromatic nitrogens is 5. The van der Waals surface area contributed by atoms with Crippen LogP contribution in [-0.4, -0.2) is 75.8 Å². The Labute approximate surface area is 281 Å². The fourth-order valence-electron chi connectivity index (χ4n) is 5.28. The van der Waals surface area contributed by atoms with E-state index in [1.54, 1.807) is 0 Å². The molecule has 1 fully saturated rings. The second kappa shape index (κ2) is 13.2. The van der Waals surface area contributed by atoms with E-state index in [-0.39, 0.29) is 46.2 Å². The Morgan fingerprint density at radius 3 is 2.57 bits per heavy atom. The lowest BCUT2D eigenvalue weighted by Crippen LogP contribution is -2.45. The number of amides is 2. The summed E-state index contributed by atoms with van der Waals surface area (Å²) in [6.07, 6.45) is -1.98. The SMILES string of the molecule is CS(=O)n1cc(-c2ccc(C3N=C(N)N(C(COC(=O)NC4(C(F)F)CC4)c4ccc(Cl)c(-n5ncnc5C(F)F)c4)C3=O)cc2F)cn1. The van der Waals surface area contributed by atoms with E-state index in [9.17, 15) is 31.4 Å². The van der Waals surface area contributed by atoms with Crippen LogP contribution in [0.1, 0.15) is 48.3 Å². The number of ether oxygens (including phenoxy) is 1. The molecule has 49 heavy (non-hydrogen) atoms. The highest BCUT2D eigenvalue weighted by molar-refractivity contribution is 7.82. The molecule has 2 aromatic heterocycles. The van der Waals surface area contributed by atoms with Gasteiger partial charge in [-0.25, -0.2) is 45.6 Å². The molecular formula is C29H25ClF5N9O4S. The third-order valence-electron chi connectivity index (χ3n) is 8.02. The molecule has 1 aliphatic heterocycles. The minimum absolute atomic E-state index is 0.0280. The number of nitrogens with zero attached hydrogens (tertiary/aromatic N) is 7. The molecule has 20 heteroatoms. The van der Waals surface area contributed by atoms with Crippen LogP contribution in [0.25, 0.3) is 16.8 Å². The molecule has 6 rings (SSSR count). The summed E-state index contributed by atoms with van der Waals surface area (Å²) in [5.41, 5.74) is 5.13. The molecule has 2 amide bonds. The fourth-order valence-corrected chi connectivity index (χ4v) is 5.91. The van der Waals surface area contributed by atoms with Crippen molar-refractivity contribution in [2.24, 2.45) is 10.7 Å². The Morgan fingerprint density at radius 2 is 1.94 bits per heavy atom. The first-order valence-electron chi connectivity index (χ1n) is 14.4. The van der Waals surface area contributed by atoms with Crippen molar-refractivity contribution in [3.63, 3.8) is 0 Å². The Hall–Kier alpha value is -4.91. The van der Waals surface area contributed by atoms with Crippen molar-refractivity contribution in [3.05, 3.63) is 82.9 Å². The number of guanidine groups is 1. The summed E-state index contributed by atoms with van der Waals surface area (Å²) in [5, 5.41) is 9.88. The molecule has 0 saturated heterocycles. The summed E-state index contributed by atoms with van der Waals surface area (Å²) in [6.45, 7) is -0.657. The van der Waals surface area contributed by atoms with Gasteiger partial charge in [0.05, 0.1) is 22.9 Å². The smallest absolute Gasteiger partial charge is 0.407 e. The highest BCUT2D eigenvalue weighted by atomic mass is 35.5. The standard InChI is InChI=1S/C29H25ClF5N9O4S/c1-49(47)42-11-16(10-38-42)17-4-2-15(8-19(17)31)22-25(45)43(27(36)40-22)21(12-48-28(46)41-29(6-7-29)26(34)35)14-3-5-18(30)20(9-14)44-24(23(32)33)37-13-39-44/h2-5,8-11,13,21-23,26H,6-7,12H2,1H3,(H2,36,40)(H,41,46). The molecule has 2 aromatic carbocycles. The number of hydrogen-bond donors (Lipinski definition) is 2. The van der Waals surface area contributed by atoms with Gasteiger partial charge in [-0.1, -0.05) is 29.8 Å². The number of aliphatic imine (C=N–C) groups is 1. The zero-order valence-electron chi connectivity index (χ0n) is 25.1. The quantitative estimate of drug-likeness (QED) is 0.214. The van der Waals surface area contributed by atoms with Crippen LogP contribution in [0.3, 0.4) is 0 Å². The van der Waals surface area contributed by atoms with Crippen molar-refractivity contribution >= 4 is 40.5 Å². The summed E-state index contributed by atoms with van der Waals surface area (Å²) in [4.78, 5) is 35.3. The normalized spacial score (nSPS) is 18.1. The van der Waals surface area contributed by atoms with Crippen molar-refractivity contribution < 1.29 is 40.5 Å². The summed E-state index contributed by atoms with van der Waals surface area (Å²) in [5.74, 6) is -2.61. The van der Waals surface area contributed by atoms with Gasteiger partial charge in [-0.3, -0.25) is 9.69 Å². The second-order valence-corrected chi connectivity index (χ2v) is 12.8. The molecule has 0 bridgehead atoms. The number of benzene rings is 2. The van der Waals surface area contributed by atoms with Gasteiger partial charge in [0.2, 0.25) is 0 Å². The zero-order valence-corrected chi connectivity index (χ0v) is 26.7. The van der Waals surface area contributed by atoms with Crippen molar-refractivity contribution in [1.82, 2.24) is 34.2 Å². The van der Waals surface area contributed by atoms with E-state index in [1.807, 2.05) is 0 Å². The molecule has 3 atom stereocenters. The van der Waals surface area contributed by atoms with Gasteiger partial charge in [-0.05, 0) is 42.2 Å². The van der Waals surface area contributed by atoms with Gasteiger partial charge in [0.25, 0.3) is 18.8 Å². The number of alkyl carbamates (subject to hydrolysis) is 1.